The lowest BCUT2D eigenvalue weighted by Gasteiger charge is -2.03. The highest BCUT2D eigenvalue weighted by Crippen LogP contribution is 2.29. The molecule has 110 valence electrons. The van der Waals surface area contributed by atoms with Crippen molar-refractivity contribution in [2.45, 2.75) is 25.0 Å². The molecule has 0 saturated carbocycles. The predicted octanol–water partition coefficient (Wildman–Crippen LogP) is 3.03. The topological polar surface area (TPSA) is 66.4 Å². The minimum Gasteiger partial charge on any atom is -0.481 e. The molecule has 1 amide bonds. The highest BCUT2D eigenvalue weighted by Gasteiger charge is 2.30. The van der Waals surface area contributed by atoms with Crippen LogP contribution in [0.3, 0.4) is 0 Å². The van der Waals surface area contributed by atoms with Crippen LogP contribution in [0.15, 0.2) is 47.5 Å². The van der Waals surface area contributed by atoms with Crippen LogP contribution in [0.2, 0.25) is 0 Å². The molecule has 0 aliphatic carbocycles. The normalized spacial score (nSPS) is 20.6. The summed E-state index contributed by atoms with van der Waals surface area (Å²) in [6, 6.07) is 10.0. The van der Waals surface area contributed by atoms with E-state index >= 15 is 0 Å². The lowest BCUT2D eigenvalue weighted by atomic mass is 10.0. The van der Waals surface area contributed by atoms with E-state index in [4.69, 9.17) is 5.11 Å². The van der Waals surface area contributed by atoms with Crippen molar-refractivity contribution in [1.29, 1.82) is 0 Å². The van der Waals surface area contributed by atoms with Crippen LogP contribution < -0.4 is 5.32 Å². The van der Waals surface area contributed by atoms with Gasteiger partial charge in [0.1, 0.15) is 5.25 Å². The maximum Gasteiger partial charge on any atom is 0.305 e. The molecule has 5 heteroatoms. The number of thioether (sulfide) groups is 1. The summed E-state index contributed by atoms with van der Waals surface area (Å²) in [5.41, 5.74) is 2.31. The fourth-order valence-electron chi connectivity index (χ4n) is 2.06. The van der Waals surface area contributed by atoms with Gasteiger partial charge in [-0.2, -0.15) is 0 Å². The van der Waals surface area contributed by atoms with E-state index < -0.39 is 11.2 Å². The van der Waals surface area contributed by atoms with Crippen LogP contribution >= 0.6 is 11.8 Å². The number of carbonyl (C=O) groups is 2. The van der Waals surface area contributed by atoms with Crippen LogP contribution in [-0.4, -0.2) is 22.2 Å². The Bertz CT molecular complexity index is 593. The monoisotopic (exact) mass is 303 g/mol. The minimum atomic E-state index is -0.960. The SMILES string of the molecule is CC/C(=C/C=C1\NC(=O)C(CC(=O)O)S1)c1ccccc1. The lowest BCUT2D eigenvalue weighted by molar-refractivity contribution is -0.138. The molecule has 1 atom stereocenters. The minimum absolute atomic E-state index is 0.156. The summed E-state index contributed by atoms with van der Waals surface area (Å²) in [6.45, 7) is 2.07. The molecule has 1 aliphatic heterocycles. The van der Waals surface area contributed by atoms with Gasteiger partial charge in [-0.15, -0.1) is 0 Å². The summed E-state index contributed by atoms with van der Waals surface area (Å²) in [7, 11) is 0. The first-order chi connectivity index (χ1) is 10.1. The highest BCUT2D eigenvalue weighted by molar-refractivity contribution is 8.04. The van der Waals surface area contributed by atoms with Crippen LogP contribution in [0, 0.1) is 0 Å². The Labute approximate surface area is 127 Å². The summed E-state index contributed by atoms with van der Waals surface area (Å²) < 4.78 is 0. The number of aliphatic carboxylic acids is 1. The Balaban J connectivity index is 2.11. The smallest absolute Gasteiger partial charge is 0.305 e. The van der Waals surface area contributed by atoms with Crippen LogP contribution in [0.4, 0.5) is 0 Å². The van der Waals surface area contributed by atoms with Crippen molar-refractivity contribution in [3.63, 3.8) is 0 Å². The highest BCUT2D eigenvalue weighted by atomic mass is 32.2. The fraction of sp³-hybridized carbons (Fsp3) is 0.250. The molecule has 1 unspecified atom stereocenters. The van der Waals surface area contributed by atoms with Gasteiger partial charge in [-0.25, -0.2) is 0 Å². The number of nitrogens with one attached hydrogen (secondary N) is 1. The van der Waals surface area contributed by atoms with Gasteiger partial charge in [-0.1, -0.05) is 55.1 Å². The third-order valence-corrected chi connectivity index (χ3v) is 4.29. The fourth-order valence-corrected chi connectivity index (χ4v) is 3.06. The molecule has 2 rings (SSSR count). The van der Waals surface area contributed by atoms with E-state index in [0.29, 0.717) is 5.03 Å². The number of amides is 1. The Morgan fingerprint density at radius 2 is 2.10 bits per heavy atom. The number of rotatable bonds is 5. The van der Waals surface area contributed by atoms with E-state index in [0.717, 1.165) is 12.0 Å². The molecule has 21 heavy (non-hydrogen) atoms. The lowest BCUT2D eigenvalue weighted by Crippen LogP contribution is -2.24. The number of benzene rings is 1. The van der Waals surface area contributed by atoms with Gasteiger partial charge in [-0.3, -0.25) is 9.59 Å². The van der Waals surface area contributed by atoms with Crippen molar-refractivity contribution in [2.75, 3.05) is 0 Å². The van der Waals surface area contributed by atoms with Crippen molar-refractivity contribution in [1.82, 2.24) is 5.32 Å². The summed E-state index contributed by atoms with van der Waals surface area (Å²) in [5.74, 6) is -1.20. The maximum absolute atomic E-state index is 11.6. The van der Waals surface area contributed by atoms with Gasteiger partial charge >= 0.3 is 5.97 Å². The first-order valence-corrected chi connectivity index (χ1v) is 7.63. The van der Waals surface area contributed by atoms with E-state index in [1.807, 2.05) is 42.5 Å². The molecule has 1 heterocycles. The number of allylic oxidation sites excluding steroid dienone is 3. The molecule has 1 aromatic carbocycles. The second-order valence-corrected chi connectivity index (χ2v) is 5.88. The van der Waals surface area contributed by atoms with E-state index in [-0.39, 0.29) is 12.3 Å². The molecule has 0 radical (unpaired) electrons. The van der Waals surface area contributed by atoms with Gasteiger partial charge in [0.05, 0.1) is 11.4 Å². The average molecular weight is 303 g/mol. The molecule has 1 saturated heterocycles. The van der Waals surface area contributed by atoms with E-state index in [9.17, 15) is 9.59 Å². The second kappa shape index (κ2) is 7.13. The molecule has 2 N–H and O–H groups in total. The van der Waals surface area contributed by atoms with E-state index in [2.05, 4.69) is 12.2 Å². The van der Waals surface area contributed by atoms with Gasteiger partial charge < -0.3 is 10.4 Å². The van der Waals surface area contributed by atoms with E-state index in [1.165, 1.54) is 17.3 Å². The van der Waals surface area contributed by atoms with Crippen molar-refractivity contribution in [3.05, 3.63) is 53.1 Å². The number of hydrogen-bond donors (Lipinski definition) is 2. The third kappa shape index (κ3) is 4.23. The zero-order valence-corrected chi connectivity index (χ0v) is 12.5. The molecular formula is C16H17NO3S. The molecule has 1 aliphatic rings. The average Bonchev–Trinajstić information content (AvgIpc) is 2.80. The van der Waals surface area contributed by atoms with Crippen LogP contribution in [0.5, 0.6) is 0 Å². The van der Waals surface area contributed by atoms with Crippen molar-refractivity contribution < 1.29 is 14.7 Å². The molecular weight excluding hydrogens is 286 g/mol. The maximum atomic E-state index is 11.6. The van der Waals surface area contributed by atoms with Crippen molar-refractivity contribution >= 4 is 29.2 Å². The Morgan fingerprint density at radius 3 is 2.71 bits per heavy atom. The summed E-state index contributed by atoms with van der Waals surface area (Å²) >= 11 is 1.27. The summed E-state index contributed by atoms with van der Waals surface area (Å²) in [5, 5.41) is 11.6. The largest absolute Gasteiger partial charge is 0.481 e. The summed E-state index contributed by atoms with van der Waals surface area (Å²) in [6.07, 6.45) is 4.54. The first-order valence-electron chi connectivity index (χ1n) is 6.75. The Kier molecular flexibility index (Phi) is 5.22. The molecule has 0 spiro atoms. The first kappa shape index (κ1) is 15.4. The zero-order valence-electron chi connectivity index (χ0n) is 11.7. The van der Waals surface area contributed by atoms with Gasteiger partial charge in [0, 0.05) is 0 Å². The molecule has 0 bridgehead atoms. The quantitative estimate of drug-likeness (QED) is 0.877. The second-order valence-electron chi connectivity index (χ2n) is 4.64. The predicted molar refractivity (Wildman–Crippen MR) is 84.6 cm³/mol. The van der Waals surface area contributed by atoms with Crippen molar-refractivity contribution in [3.8, 4) is 0 Å². The number of carboxylic acid groups (broad SMARTS) is 1. The molecule has 1 fully saturated rings. The Morgan fingerprint density at radius 1 is 1.38 bits per heavy atom. The third-order valence-electron chi connectivity index (χ3n) is 3.13. The molecule has 4 nitrogen and oxygen atoms in total. The van der Waals surface area contributed by atoms with Gasteiger partial charge in [0.25, 0.3) is 0 Å². The number of carboxylic acids is 1. The number of carbonyl (C=O) groups excluding carboxylic acids is 1. The van der Waals surface area contributed by atoms with Gasteiger partial charge in [0.15, 0.2) is 0 Å². The Hall–Kier alpha value is -2.01. The standard InChI is InChI=1S/C16H17NO3S/c1-2-11(12-6-4-3-5-7-12)8-9-14-17-16(20)13(21-14)10-15(18)19/h3-9,13H,2,10H2,1H3,(H,17,20)(H,18,19)/b11-8-,14-9+. The van der Waals surface area contributed by atoms with Crippen LogP contribution in [0.25, 0.3) is 5.57 Å². The van der Waals surface area contributed by atoms with Gasteiger partial charge in [0.2, 0.25) is 5.91 Å². The van der Waals surface area contributed by atoms with E-state index in [1.54, 1.807) is 0 Å². The van der Waals surface area contributed by atoms with Crippen molar-refractivity contribution in [2.24, 2.45) is 0 Å². The zero-order chi connectivity index (χ0) is 15.2. The van der Waals surface area contributed by atoms with Gasteiger partial charge in [-0.05, 0) is 23.6 Å². The summed E-state index contributed by atoms with van der Waals surface area (Å²) in [4.78, 5) is 22.3. The molecule has 1 aromatic rings. The molecule has 0 aromatic heterocycles. The number of hydrogen-bond acceptors (Lipinski definition) is 3. The van der Waals surface area contributed by atoms with Crippen LogP contribution in [-0.2, 0) is 9.59 Å². The van der Waals surface area contributed by atoms with Crippen LogP contribution in [0.1, 0.15) is 25.3 Å².